The Labute approximate surface area is 256 Å². The van der Waals surface area contributed by atoms with Crippen LogP contribution in [0.5, 0.6) is 11.5 Å². The number of carbonyl (C=O) groups excluding carboxylic acids is 1. The van der Waals surface area contributed by atoms with E-state index in [-0.39, 0.29) is 79.1 Å². The molecule has 9 nitrogen and oxygen atoms in total. The predicted molar refractivity (Wildman–Crippen MR) is 144 cm³/mol. The largest absolute Gasteiger partial charge is 1.00 e. The minimum absolute atomic E-state index is 0. The van der Waals surface area contributed by atoms with Crippen molar-refractivity contribution in [3.63, 3.8) is 0 Å². The first-order valence-electron chi connectivity index (χ1n) is 11.1. The predicted octanol–water partition coefficient (Wildman–Crippen LogP) is 3.71. The van der Waals surface area contributed by atoms with E-state index in [1.807, 2.05) is 0 Å². The van der Waals surface area contributed by atoms with Gasteiger partial charge in [0.1, 0.15) is 11.4 Å². The average molecular weight is 596 g/mol. The fourth-order valence-electron chi connectivity index (χ4n) is 3.87. The summed E-state index contributed by atoms with van der Waals surface area (Å²) in [7, 11) is -3.10. The number of fused-ring (bicyclic) bond motifs is 1. The Bertz CT molecular complexity index is 1710. The number of hydrogen-bond donors (Lipinski definition) is 2. The van der Waals surface area contributed by atoms with Gasteiger partial charge < -0.3 is 15.2 Å². The van der Waals surface area contributed by atoms with Gasteiger partial charge in [0, 0.05) is 22.6 Å². The summed E-state index contributed by atoms with van der Waals surface area (Å²) >= 11 is 12.5. The molecule has 0 saturated heterocycles. The van der Waals surface area contributed by atoms with Gasteiger partial charge in [0.2, 0.25) is 0 Å². The molecule has 0 fully saturated rings. The van der Waals surface area contributed by atoms with Gasteiger partial charge in [-0.1, -0.05) is 60.1 Å². The van der Waals surface area contributed by atoms with Crippen molar-refractivity contribution in [3.8, 4) is 11.5 Å². The molecule has 0 bridgehead atoms. The molecule has 0 atom stereocenters. The summed E-state index contributed by atoms with van der Waals surface area (Å²) in [5.74, 6) is -0.993. The van der Waals surface area contributed by atoms with E-state index in [1.165, 1.54) is 31.4 Å². The quantitative estimate of drug-likeness (QED) is 0.189. The van der Waals surface area contributed by atoms with Crippen LogP contribution in [-0.2, 0) is 16.5 Å². The van der Waals surface area contributed by atoms with E-state index in [2.05, 4.69) is 15.5 Å². The molecule has 0 unspecified atom stereocenters. The molecule has 0 radical (unpaired) electrons. The van der Waals surface area contributed by atoms with Crippen molar-refractivity contribution in [3.05, 3.63) is 81.8 Å². The maximum atomic E-state index is 13.5. The van der Waals surface area contributed by atoms with Gasteiger partial charge in [-0.15, -0.1) is 5.11 Å². The first-order chi connectivity index (χ1) is 18.0. The summed E-state index contributed by atoms with van der Waals surface area (Å²) in [6.07, 6.45) is 0.152. The second-order valence-electron chi connectivity index (χ2n) is 8.02. The molecular formula is C26H20Cl2N3NaO6S. The Morgan fingerprint density at radius 1 is 1.03 bits per heavy atom. The summed E-state index contributed by atoms with van der Waals surface area (Å²) in [6.45, 7) is 1.66. The summed E-state index contributed by atoms with van der Waals surface area (Å²) in [6, 6.07) is 15.3. The van der Waals surface area contributed by atoms with Crippen molar-refractivity contribution in [2.45, 2.75) is 18.2 Å². The first-order valence-corrected chi connectivity index (χ1v) is 13.3. The minimum atomic E-state index is -4.56. The van der Waals surface area contributed by atoms with Crippen molar-refractivity contribution in [2.24, 2.45) is 10.2 Å². The zero-order chi connectivity index (χ0) is 27.6. The molecule has 1 amide bonds. The third-order valence-electron chi connectivity index (χ3n) is 5.71. The Morgan fingerprint density at radius 2 is 1.69 bits per heavy atom. The molecule has 0 aliphatic carbocycles. The van der Waals surface area contributed by atoms with E-state index >= 15 is 0 Å². The molecule has 4 aromatic carbocycles. The number of hydrogen-bond acceptors (Lipinski definition) is 7. The summed E-state index contributed by atoms with van der Waals surface area (Å²) in [5.41, 5.74) is -0.0218. The molecular weight excluding hydrogens is 576 g/mol. The summed E-state index contributed by atoms with van der Waals surface area (Å²) < 4.78 is 38.5. The molecule has 196 valence electrons. The number of methoxy groups -OCH3 is 1. The van der Waals surface area contributed by atoms with Gasteiger partial charge in [-0.25, -0.2) is 0 Å². The maximum absolute atomic E-state index is 13.5. The molecule has 0 heterocycles. The topological polar surface area (TPSA) is 140 Å². The second-order valence-corrected chi connectivity index (χ2v) is 10.2. The molecule has 13 heteroatoms. The van der Waals surface area contributed by atoms with E-state index in [0.717, 1.165) is 0 Å². The second kappa shape index (κ2) is 12.6. The van der Waals surface area contributed by atoms with Gasteiger partial charge in [-0.2, -0.15) is 13.5 Å². The van der Waals surface area contributed by atoms with Crippen LogP contribution in [0, 0.1) is 0 Å². The number of rotatable bonds is 7. The standard InChI is InChI=1S/C26H21Cl2N3O6S.Na/c1-3-16-22(38(34,35)36)11-10-20(28)23(16)30-31-24-17-7-5-4-6-14(17)12-18(25(24)32)26(33)29-21-13-15(37-2)8-9-19(21)27;/h4-13,32H,3H2,1-2H3,(H,29,33)(H,34,35,36);/q;+1/p-1. The molecule has 0 spiro atoms. The van der Waals surface area contributed by atoms with E-state index in [9.17, 15) is 22.9 Å². The number of azo groups is 1. The van der Waals surface area contributed by atoms with Crippen LogP contribution in [0.25, 0.3) is 10.8 Å². The summed E-state index contributed by atoms with van der Waals surface area (Å²) in [4.78, 5) is 12.8. The minimum Gasteiger partial charge on any atom is -0.870 e. The molecule has 4 rings (SSSR count). The molecule has 2 N–H and O–H groups in total. The van der Waals surface area contributed by atoms with Crippen molar-refractivity contribution in [2.75, 3.05) is 12.4 Å². The zero-order valence-corrected chi connectivity index (χ0v) is 25.4. The monoisotopic (exact) mass is 595 g/mol. The third-order valence-corrected chi connectivity index (χ3v) is 7.29. The van der Waals surface area contributed by atoms with Crippen LogP contribution in [0.4, 0.5) is 17.1 Å². The number of nitrogens with zero attached hydrogens (tertiary/aromatic N) is 2. The van der Waals surface area contributed by atoms with Gasteiger partial charge in [0.15, 0.2) is 0 Å². The van der Waals surface area contributed by atoms with Gasteiger partial charge in [0.05, 0.1) is 33.4 Å². The fraction of sp³-hybridized carbons (Fsp3) is 0.115. The van der Waals surface area contributed by atoms with E-state index < -0.39 is 21.8 Å². The van der Waals surface area contributed by atoms with Crippen LogP contribution < -0.4 is 44.7 Å². The Morgan fingerprint density at radius 3 is 2.36 bits per heavy atom. The number of ether oxygens (including phenoxy) is 1. The Kier molecular flexibility index (Phi) is 10.0. The van der Waals surface area contributed by atoms with Crippen molar-refractivity contribution >= 4 is 67.1 Å². The maximum Gasteiger partial charge on any atom is 1.00 e. The van der Waals surface area contributed by atoms with Gasteiger partial charge in [0.25, 0.3) is 16.0 Å². The van der Waals surface area contributed by atoms with E-state index in [1.54, 1.807) is 43.3 Å². The van der Waals surface area contributed by atoms with Gasteiger partial charge >= 0.3 is 29.6 Å². The number of amides is 1. The number of nitrogens with one attached hydrogen (secondary N) is 1. The van der Waals surface area contributed by atoms with Crippen LogP contribution >= 0.6 is 23.2 Å². The number of anilines is 1. The number of halogens is 2. The van der Waals surface area contributed by atoms with Gasteiger partial charge in [-0.3, -0.25) is 9.35 Å². The summed E-state index contributed by atoms with van der Waals surface area (Å²) in [5, 5.41) is 25.6. The van der Waals surface area contributed by atoms with Crippen molar-refractivity contribution < 1.29 is 57.2 Å². The molecule has 4 aromatic rings. The zero-order valence-electron chi connectivity index (χ0n) is 21.0. The SMILES string of the molecule is CCc1c(S(=O)(=O)O)ccc(Cl)c1N=Nc1c([O-])c(C(=O)Nc2cc(OC)ccc2Cl)cc2ccccc12.[Na+]. The van der Waals surface area contributed by atoms with Crippen molar-refractivity contribution in [1.29, 1.82) is 0 Å². The smallest absolute Gasteiger partial charge is 0.870 e. The normalized spacial score (nSPS) is 11.4. The van der Waals surface area contributed by atoms with Crippen molar-refractivity contribution in [1.82, 2.24) is 0 Å². The molecule has 0 aliphatic heterocycles. The van der Waals surface area contributed by atoms with Gasteiger partial charge in [-0.05, 0) is 42.1 Å². The molecule has 39 heavy (non-hydrogen) atoms. The van der Waals surface area contributed by atoms with Crippen LogP contribution in [0.15, 0.2) is 75.8 Å². The number of carbonyl (C=O) groups is 1. The Balaban J connectivity index is 0.00000420. The number of benzene rings is 4. The fourth-order valence-corrected chi connectivity index (χ4v) is 5.05. The van der Waals surface area contributed by atoms with Crippen LogP contribution in [0.1, 0.15) is 22.8 Å². The van der Waals surface area contributed by atoms with E-state index in [0.29, 0.717) is 16.5 Å². The molecule has 0 saturated carbocycles. The Hall–Kier alpha value is -2.70. The van der Waals surface area contributed by atoms with Crippen LogP contribution in [0.3, 0.4) is 0 Å². The average Bonchev–Trinajstić information content (AvgIpc) is 2.88. The molecule has 0 aliphatic rings. The van der Waals surface area contributed by atoms with E-state index in [4.69, 9.17) is 27.9 Å². The third kappa shape index (κ3) is 6.55. The molecule has 0 aromatic heterocycles. The first kappa shape index (κ1) is 30.8. The van der Waals surface area contributed by atoms with Crippen LogP contribution in [-0.4, -0.2) is 26.0 Å². The van der Waals surface area contributed by atoms with Crippen LogP contribution in [0.2, 0.25) is 10.0 Å².